The molecule has 0 spiro atoms. The summed E-state index contributed by atoms with van der Waals surface area (Å²) in [7, 11) is 0. The molecule has 4 aliphatic rings. The Balaban J connectivity index is 1.38. The third-order valence-electron chi connectivity index (χ3n) is 6.79. The second kappa shape index (κ2) is 6.09. The highest BCUT2D eigenvalue weighted by atomic mass is 16.5. The average molecular weight is 327 g/mol. The molecule has 4 saturated carbocycles. The molecule has 5 rings (SSSR count). The molecule has 1 N–H and O–H groups in total. The first kappa shape index (κ1) is 16.0. The molecular weight excluding hydrogens is 298 g/mol. The van der Waals surface area contributed by atoms with Gasteiger partial charge in [-0.2, -0.15) is 0 Å². The summed E-state index contributed by atoms with van der Waals surface area (Å²) in [5.41, 5.74) is 0.344. The van der Waals surface area contributed by atoms with E-state index in [4.69, 9.17) is 4.74 Å². The van der Waals surface area contributed by atoms with Crippen LogP contribution >= 0.6 is 0 Å². The quantitative estimate of drug-likeness (QED) is 0.881. The van der Waals surface area contributed by atoms with E-state index in [1.54, 1.807) is 0 Å². The number of hydrogen-bond donors (Lipinski definition) is 1. The second-order valence-electron chi connectivity index (χ2n) is 8.58. The summed E-state index contributed by atoms with van der Waals surface area (Å²) in [5.74, 6) is 3.50. The second-order valence-corrected chi connectivity index (χ2v) is 8.58. The van der Waals surface area contributed by atoms with Gasteiger partial charge in [0.1, 0.15) is 5.75 Å². The molecule has 4 bridgehead atoms. The largest absolute Gasteiger partial charge is 0.481 e. The number of benzene rings is 1. The van der Waals surface area contributed by atoms with Crippen LogP contribution in [0.25, 0.3) is 0 Å². The van der Waals surface area contributed by atoms with Crippen LogP contribution in [0.3, 0.4) is 0 Å². The first-order chi connectivity index (χ1) is 11.5. The molecule has 3 heteroatoms. The van der Waals surface area contributed by atoms with Crippen molar-refractivity contribution in [2.75, 3.05) is 0 Å². The molecule has 3 nitrogen and oxygen atoms in total. The van der Waals surface area contributed by atoms with E-state index < -0.39 is 6.10 Å². The van der Waals surface area contributed by atoms with Gasteiger partial charge in [0, 0.05) is 6.04 Å². The number of hydrogen-bond acceptors (Lipinski definition) is 2. The number of carbonyl (C=O) groups excluding carboxylic acids is 1. The molecule has 0 saturated heterocycles. The van der Waals surface area contributed by atoms with Gasteiger partial charge in [0.05, 0.1) is 0 Å². The van der Waals surface area contributed by atoms with Crippen LogP contribution < -0.4 is 10.1 Å². The highest BCUT2D eigenvalue weighted by molar-refractivity contribution is 5.81. The molecule has 130 valence electrons. The molecule has 1 aromatic rings. The minimum atomic E-state index is -0.455. The van der Waals surface area contributed by atoms with Crippen LogP contribution in [0, 0.1) is 23.2 Å². The Morgan fingerprint density at radius 3 is 2.12 bits per heavy atom. The summed E-state index contributed by atoms with van der Waals surface area (Å²) in [6, 6.07) is 9.85. The Morgan fingerprint density at radius 2 is 1.58 bits per heavy atom. The third-order valence-corrected chi connectivity index (χ3v) is 6.79. The fourth-order valence-electron chi connectivity index (χ4n) is 5.95. The minimum Gasteiger partial charge on any atom is -0.481 e. The van der Waals surface area contributed by atoms with E-state index in [-0.39, 0.29) is 11.9 Å². The lowest BCUT2D eigenvalue weighted by atomic mass is 9.48. The van der Waals surface area contributed by atoms with Gasteiger partial charge in [-0.05, 0) is 87.7 Å². The van der Waals surface area contributed by atoms with E-state index in [9.17, 15) is 4.79 Å². The Hall–Kier alpha value is -1.51. The van der Waals surface area contributed by atoms with Gasteiger partial charge in [0.15, 0.2) is 6.10 Å². The van der Waals surface area contributed by atoms with E-state index in [2.05, 4.69) is 12.2 Å². The van der Waals surface area contributed by atoms with Gasteiger partial charge in [-0.25, -0.2) is 0 Å². The highest BCUT2D eigenvalue weighted by Crippen LogP contribution is 2.61. The van der Waals surface area contributed by atoms with Crippen LogP contribution in [0.4, 0.5) is 0 Å². The smallest absolute Gasteiger partial charge is 0.261 e. The fourth-order valence-corrected chi connectivity index (χ4v) is 5.95. The molecule has 2 atom stereocenters. The summed E-state index contributed by atoms with van der Waals surface area (Å²) < 4.78 is 5.78. The Morgan fingerprint density at radius 1 is 1.04 bits per heavy atom. The van der Waals surface area contributed by atoms with Crippen LogP contribution in [-0.4, -0.2) is 18.1 Å². The minimum absolute atomic E-state index is 0.0158. The first-order valence-electron chi connectivity index (χ1n) is 9.56. The van der Waals surface area contributed by atoms with Gasteiger partial charge in [-0.3, -0.25) is 4.79 Å². The van der Waals surface area contributed by atoms with Gasteiger partial charge >= 0.3 is 0 Å². The predicted molar refractivity (Wildman–Crippen MR) is 94.7 cm³/mol. The standard InChI is InChI=1S/C21H29NO2/c1-14(24-19-6-4-3-5-7-19)20(23)22-15(2)21-11-16-8-17(12-21)10-18(9-16)13-21/h3-7,14-18H,8-13H2,1-2H3,(H,22,23)/t14-,15-,16?,17?,18?,21?/m0/s1. The van der Waals surface area contributed by atoms with Crippen LogP contribution in [0.15, 0.2) is 30.3 Å². The summed E-state index contributed by atoms with van der Waals surface area (Å²) in [6.07, 6.45) is 7.80. The Labute approximate surface area is 145 Å². The maximum atomic E-state index is 12.6. The summed E-state index contributed by atoms with van der Waals surface area (Å²) >= 11 is 0. The zero-order valence-electron chi connectivity index (χ0n) is 14.8. The zero-order valence-corrected chi connectivity index (χ0v) is 14.8. The van der Waals surface area contributed by atoms with Gasteiger partial charge < -0.3 is 10.1 Å². The molecule has 24 heavy (non-hydrogen) atoms. The van der Waals surface area contributed by atoms with Crippen molar-refractivity contribution < 1.29 is 9.53 Å². The molecule has 0 aromatic heterocycles. The number of rotatable bonds is 5. The normalized spacial score (nSPS) is 36.2. The summed E-state index contributed by atoms with van der Waals surface area (Å²) in [6.45, 7) is 4.06. The SMILES string of the molecule is C[C@H](Oc1ccccc1)C(=O)N[C@@H](C)C12CC3CC(CC(C3)C1)C2. The van der Waals surface area contributed by atoms with E-state index in [0.717, 1.165) is 23.5 Å². The van der Waals surface area contributed by atoms with E-state index in [1.807, 2.05) is 37.3 Å². The highest BCUT2D eigenvalue weighted by Gasteiger charge is 2.53. The fraction of sp³-hybridized carbons (Fsp3) is 0.667. The van der Waals surface area contributed by atoms with Crippen molar-refractivity contribution in [1.82, 2.24) is 5.32 Å². The molecule has 1 aromatic carbocycles. The van der Waals surface area contributed by atoms with Crippen molar-refractivity contribution in [3.63, 3.8) is 0 Å². The van der Waals surface area contributed by atoms with Crippen molar-refractivity contribution in [2.45, 2.75) is 64.5 Å². The van der Waals surface area contributed by atoms with Gasteiger partial charge in [0.2, 0.25) is 0 Å². The van der Waals surface area contributed by atoms with E-state index in [1.165, 1.54) is 38.5 Å². The van der Waals surface area contributed by atoms with Crippen LogP contribution in [-0.2, 0) is 4.79 Å². The first-order valence-corrected chi connectivity index (χ1v) is 9.56. The van der Waals surface area contributed by atoms with Gasteiger partial charge in [0.25, 0.3) is 5.91 Å². The number of nitrogens with one attached hydrogen (secondary N) is 1. The Kier molecular flexibility index (Phi) is 4.06. The molecular formula is C21H29NO2. The van der Waals surface area contributed by atoms with Crippen LogP contribution in [0.2, 0.25) is 0 Å². The maximum absolute atomic E-state index is 12.6. The molecule has 4 aliphatic carbocycles. The number of para-hydroxylation sites is 1. The molecule has 1 amide bonds. The van der Waals surface area contributed by atoms with Crippen molar-refractivity contribution in [2.24, 2.45) is 23.2 Å². The number of amides is 1. The zero-order chi connectivity index (χ0) is 16.7. The third kappa shape index (κ3) is 2.94. The molecule has 0 radical (unpaired) electrons. The summed E-state index contributed by atoms with van der Waals surface area (Å²) in [5, 5.41) is 3.29. The van der Waals surface area contributed by atoms with Gasteiger partial charge in [-0.15, -0.1) is 0 Å². The lowest BCUT2D eigenvalue weighted by Gasteiger charge is -2.59. The van der Waals surface area contributed by atoms with E-state index in [0.29, 0.717) is 5.41 Å². The lowest BCUT2D eigenvalue weighted by Crippen LogP contribution is -2.57. The molecule has 0 aliphatic heterocycles. The topological polar surface area (TPSA) is 38.3 Å². The molecule has 0 unspecified atom stereocenters. The molecule has 0 heterocycles. The van der Waals surface area contributed by atoms with Crippen LogP contribution in [0.1, 0.15) is 52.4 Å². The Bertz CT molecular complexity index is 562. The summed E-state index contributed by atoms with van der Waals surface area (Å²) in [4.78, 5) is 12.6. The maximum Gasteiger partial charge on any atom is 0.261 e. The van der Waals surface area contributed by atoms with Crippen LogP contribution in [0.5, 0.6) is 5.75 Å². The molecule has 4 fully saturated rings. The lowest BCUT2D eigenvalue weighted by molar-refractivity contribution is -0.131. The van der Waals surface area contributed by atoms with E-state index >= 15 is 0 Å². The van der Waals surface area contributed by atoms with Crippen molar-refractivity contribution in [3.8, 4) is 5.75 Å². The van der Waals surface area contributed by atoms with Crippen molar-refractivity contribution in [3.05, 3.63) is 30.3 Å². The van der Waals surface area contributed by atoms with Crippen molar-refractivity contribution in [1.29, 1.82) is 0 Å². The monoisotopic (exact) mass is 327 g/mol. The predicted octanol–water partition coefficient (Wildman–Crippen LogP) is 4.18. The van der Waals surface area contributed by atoms with Gasteiger partial charge in [-0.1, -0.05) is 18.2 Å². The van der Waals surface area contributed by atoms with Crippen molar-refractivity contribution >= 4 is 5.91 Å². The average Bonchev–Trinajstić information content (AvgIpc) is 2.54. The number of ether oxygens (including phenoxy) is 1. The number of carbonyl (C=O) groups is 1.